The molecule has 100 valence electrons. The molecule has 0 heterocycles. The second-order valence-electron chi connectivity index (χ2n) is 3.75. The van der Waals surface area contributed by atoms with E-state index in [1.54, 1.807) is 5.01 Å². The third-order valence-electron chi connectivity index (χ3n) is 2.73. The van der Waals surface area contributed by atoms with Crippen molar-refractivity contribution in [2.24, 2.45) is 5.73 Å². The van der Waals surface area contributed by atoms with E-state index < -0.39 is 17.9 Å². The second-order valence-corrected chi connectivity index (χ2v) is 3.75. The largest absolute Gasteiger partial charge is 0.480 e. The molecule has 3 N–H and O–H groups in total. The molecule has 6 heteroatoms. The highest BCUT2D eigenvalue weighted by Gasteiger charge is 2.27. The summed E-state index contributed by atoms with van der Waals surface area (Å²) in [7, 11) is 0. The number of carboxylic acid groups (broad SMARTS) is 1. The smallest absolute Gasteiger partial charge is 0.322 e. The molecule has 6 nitrogen and oxygen atoms in total. The molecule has 0 saturated heterocycles. The van der Waals surface area contributed by atoms with E-state index in [0.717, 1.165) is 13.1 Å². The Hall–Kier alpha value is -1.14. The maximum absolute atomic E-state index is 11.2. The first-order valence-electron chi connectivity index (χ1n) is 6.00. The van der Waals surface area contributed by atoms with E-state index >= 15 is 0 Å². The molecule has 0 radical (unpaired) electrons. The van der Waals surface area contributed by atoms with Crippen LogP contribution in [-0.2, 0) is 9.59 Å². The third-order valence-corrected chi connectivity index (χ3v) is 2.73. The normalized spacial score (nSPS) is 13.0. The number of carbonyl (C=O) groups excluding carboxylic acids is 1. The van der Waals surface area contributed by atoms with E-state index in [4.69, 9.17) is 5.73 Å². The van der Waals surface area contributed by atoms with Crippen LogP contribution in [0.3, 0.4) is 0 Å². The van der Waals surface area contributed by atoms with Gasteiger partial charge in [0.1, 0.15) is 6.04 Å². The monoisotopic (exact) mass is 245 g/mol. The summed E-state index contributed by atoms with van der Waals surface area (Å²) < 4.78 is 0. The molecule has 0 saturated carbocycles. The van der Waals surface area contributed by atoms with Gasteiger partial charge in [0.15, 0.2) is 0 Å². The molecule has 0 aliphatic rings. The van der Waals surface area contributed by atoms with Crippen LogP contribution in [0.25, 0.3) is 0 Å². The Morgan fingerprint density at radius 1 is 1.18 bits per heavy atom. The predicted octanol–water partition coefficient (Wildman–Crippen LogP) is 0.284. The molecule has 0 aromatic rings. The maximum atomic E-state index is 11.2. The van der Waals surface area contributed by atoms with Gasteiger partial charge in [-0.15, -0.1) is 0 Å². The Bertz CT molecular complexity index is 254. The van der Waals surface area contributed by atoms with Gasteiger partial charge in [0, 0.05) is 26.1 Å². The van der Waals surface area contributed by atoms with E-state index in [9.17, 15) is 14.7 Å². The molecule has 1 unspecified atom stereocenters. The molecule has 1 atom stereocenters. The Morgan fingerprint density at radius 2 is 1.71 bits per heavy atom. The molecule has 1 amide bonds. The molecule has 0 fully saturated rings. The van der Waals surface area contributed by atoms with Crippen molar-refractivity contribution in [1.29, 1.82) is 0 Å². The second kappa shape index (κ2) is 8.03. The van der Waals surface area contributed by atoms with Gasteiger partial charge in [-0.1, -0.05) is 20.8 Å². The van der Waals surface area contributed by atoms with Crippen molar-refractivity contribution in [3.63, 3.8) is 0 Å². The Labute approximate surface area is 102 Å². The lowest BCUT2D eigenvalue weighted by Gasteiger charge is -2.36. The summed E-state index contributed by atoms with van der Waals surface area (Å²) in [6, 6.07) is -0.688. The number of amides is 1. The van der Waals surface area contributed by atoms with E-state index in [1.165, 1.54) is 0 Å². The number of likely N-dealkylation sites (N-methyl/N-ethyl adjacent to an activating group) is 1. The van der Waals surface area contributed by atoms with Crippen LogP contribution in [0.15, 0.2) is 0 Å². The number of primary amides is 1. The van der Waals surface area contributed by atoms with Gasteiger partial charge in [-0.3, -0.25) is 9.59 Å². The summed E-state index contributed by atoms with van der Waals surface area (Å²) in [5, 5.41) is 12.9. The van der Waals surface area contributed by atoms with Crippen LogP contribution in [0.2, 0.25) is 0 Å². The Morgan fingerprint density at radius 3 is 2.00 bits per heavy atom. The number of hydrogen-bond acceptors (Lipinski definition) is 4. The third kappa shape index (κ3) is 5.14. The van der Waals surface area contributed by atoms with E-state index in [2.05, 4.69) is 0 Å². The molecule has 0 rings (SSSR count). The number of rotatable bonds is 9. The lowest BCUT2D eigenvalue weighted by Crippen LogP contribution is -2.52. The van der Waals surface area contributed by atoms with Gasteiger partial charge in [-0.2, -0.15) is 0 Å². The van der Waals surface area contributed by atoms with Gasteiger partial charge in [0.05, 0.1) is 0 Å². The van der Waals surface area contributed by atoms with Gasteiger partial charge in [-0.05, 0) is 6.42 Å². The minimum Gasteiger partial charge on any atom is -0.480 e. The van der Waals surface area contributed by atoms with E-state index in [-0.39, 0.29) is 12.8 Å². The van der Waals surface area contributed by atoms with Gasteiger partial charge >= 0.3 is 5.97 Å². The topological polar surface area (TPSA) is 86.9 Å². The van der Waals surface area contributed by atoms with E-state index in [0.29, 0.717) is 6.54 Å². The predicted molar refractivity (Wildman–Crippen MR) is 65.2 cm³/mol. The van der Waals surface area contributed by atoms with E-state index in [1.807, 2.05) is 25.8 Å². The molecular weight excluding hydrogens is 222 g/mol. The first kappa shape index (κ1) is 15.9. The quantitative estimate of drug-likeness (QED) is 0.570. The maximum Gasteiger partial charge on any atom is 0.322 e. The zero-order chi connectivity index (χ0) is 13.4. The van der Waals surface area contributed by atoms with Crippen LogP contribution in [0, 0.1) is 0 Å². The van der Waals surface area contributed by atoms with Crippen LogP contribution < -0.4 is 5.73 Å². The van der Waals surface area contributed by atoms with Crippen LogP contribution in [0.1, 0.15) is 33.6 Å². The minimum absolute atomic E-state index is 0.0920. The summed E-state index contributed by atoms with van der Waals surface area (Å²) in [4.78, 5) is 22.0. The van der Waals surface area contributed by atoms with Gasteiger partial charge in [0.2, 0.25) is 5.91 Å². The highest BCUT2D eigenvalue weighted by atomic mass is 16.4. The summed E-state index contributed by atoms with van der Waals surface area (Å²) in [5.41, 5.74) is 5.06. The highest BCUT2D eigenvalue weighted by molar-refractivity contribution is 5.77. The van der Waals surface area contributed by atoms with Crippen LogP contribution in [0.5, 0.6) is 0 Å². The summed E-state index contributed by atoms with van der Waals surface area (Å²) >= 11 is 0. The molecule has 0 aliphatic carbocycles. The van der Waals surface area contributed by atoms with Gasteiger partial charge < -0.3 is 10.8 Å². The Kier molecular flexibility index (Phi) is 7.49. The number of carbonyl (C=O) groups is 2. The number of aliphatic carboxylic acids is 1. The van der Waals surface area contributed by atoms with Crippen molar-refractivity contribution in [1.82, 2.24) is 10.0 Å². The standard InChI is InChI=1S/C11H23N3O3/c1-4-13(5-2)14(6-3)9(11(16)17)7-8-10(12)15/h9H,4-8H2,1-3H3,(H2,12,15)(H,16,17). The van der Waals surface area contributed by atoms with Crippen LogP contribution in [-0.4, -0.2) is 52.7 Å². The number of hydrogen-bond donors (Lipinski definition) is 2. The van der Waals surface area contributed by atoms with Crippen molar-refractivity contribution in [3.8, 4) is 0 Å². The fraction of sp³-hybridized carbons (Fsp3) is 0.818. The van der Waals surface area contributed by atoms with Crippen molar-refractivity contribution in [2.45, 2.75) is 39.7 Å². The first-order chi connectivity index (χ1) is 7.97. The van der Waals surface area contributed by atoms with Gasteiger partial charge in [-0.25, -0.2) is 10.0 Å². The summed E-state index contributed by atoms with van der Waals surface area (Å²) in [6.07, 6.45) is 0.337. The fourth-order valence-electron chi connectivity index (χ4n) is 1.88. The zero-order valence-electron chi connectivity index (χ0n) is 10.8. The molecule has 0 bridgehead atoms. The molecule has 17 heavy (non-hydrogen) atoms. The SMILES string of the molecule is CCN(CC)N(CC)C(CCC(N)=O)C(=O)O. The number of nitrogens with zero attached hydrogens (tertiary/aromatic N) is 2. The van der Waals surface area contributed by atoms with Gasteiger partial charge in [0.25, 0.3) is 0 Å². The fourth-order valence-corrected chi connectivity index (χ4v) is 1.88. The lowest BCUT2D eigenvalue weighted by atomic mass is 10.1. The molecule has 0 aromatic carbocycles. The van der Waals surface area contributed by atoms with Crippen molar-refractivity contribution >= 4 is 11.9 Å². The highest BCUT2D eigenvalue weighted by Crippen LogP contribution is 2.11. The number of carboxylic acids is 1. The molecule has 0 aromatic heterocycles. The molecule has 0 aliphatic heterocycles. The average Bonchev–Trinajstić information content (AvgIpc) is 2.27. The van der Waals surface area contributed by atoms with Crippen LogP contribution >= 0.6 is 0 Å². The summed E-state index contributed by atoms with van der Waals surface area (Å²) in [6.45, 7) is 7.92. The van der Waals surface area contributed by atoms with Crippen molar-refractivity contribution in [3.05, 3.63) is 0 Å². The molecular formula is C11H23N3O3. The number of hydrazine groups is 1. The van der Waals surface area contributed by atoms with Crippen molar-refractivity contribution < 1.29 is 14.7 Å². The lowest BCUT2D eigenvalue weighted by molar-refractivity contribution is -0.153. The Balaban J connectivity index is 4.73. The van der Waals surface area contributed by atoms with Crippen LogP contribution in [0.4, 0.5) is 0 Å². The van der Waals surface area contributed by atoms with Crippen molar-refractivity contribution in [2.75, 3.05) is 19.6 Å². The minimum atomic E-state index is -0.917. The first-order valence-corrected chi connectivity index (χ1v) is 6.00. The number of nitrogens with two attached hydrogens (primary N) is 1. The average molecular weight is 245 g/mol. The molecule has 0 spiro atoms. The zero-order valence-corrected chi connectivity index (χ0v) is 10.8. The summed E-state index contributed by atoms with van der Waals surface area (Å²) in [5.74, 6) is -1.38.